The van der Waals surface area contributed by atoms with Gasteiger partial charge in [0.05, 0.1) is 15.5 Å². The molecule has 0 aliphatic carbocycles. The Morgan fingerprint density at radius 1 is 0.875 bits per heavy atom. The fourth-order valence-electron chi connectivity index (χ4n) is 4.18. The number of rotatable bonds is 4. The summed E-state index contributed by atoms with van der Waals surface area (Å²) in [5.41, 5.74) is 1.06. The summed E-state index contributed by atoms with van der Waals surface area (Å²) in [5.74, 6) is -1.20. The average Bonchev–Trinajstić information content (AvgIpc) is 3.20. The Labute approximate surface area is 191 Å². The minimum atomic E-state index is -3.64. The number of piperidine rings is 1. The van der Waals surface area contributed by atoms with Crippen molar-refractivity contribution in [2.75, 3.05) is 13.1 Å². The quantitative estimate of drug-likeness (QED) is 0.514. The molecule has 2 aliphatic rings. The maximum Gasteiger partial charge on any atom is 0.307 e. The van der Waals surface area contributed by atoms with Crippen molar-refractivity contribution in [2.24, 2.45) is 0 Å². The van der Waals surface area contributed by atoms with E-state index in [1.165, 1.54) is 28.6 Å². The third-order valence-electron chi connectivity index (χ3n) is 5.83. The Morgan fingerprint density at radius 3 is 2.28 bits per heavy atom. The van der Waals surface area contributed by atoms with Crippen molar-refractivity contribution >= 4 is 21.6 Å². The lowest BCUT2D eigenvalue weighted by atomic mass is 9.97. The molecule has 0 saturated carbocycles. The monoisotopic (exact) mass is 473 g/mol. The van der Waals surface area contributed by atoms with E-state index >= 15 is 0 Å². The summed E-state index contributed by atoms with van der Waals surface area (Å²) < 4.78 is 54.0. The zero-order valence-electron chi connectivity index (χ0n) is 17.1. The van der Waals surface area contributed by atoms with Crippen LogP contribution in [0.15, 0.2) is 71.6 Å². The molecular weight excluding hydrogens is 453 g/mol. The van der Waals surface area contributed by atoms with Crippen molar-refractivity contribution in [1.29, 1.82) is 0 Å². The molecule has 8 heteroatoms. The van der Waals surface area contributed by atoms with Crippen molar-refractivity contribution in [1.82, 2.24) is 4.31 Å². The lowest BCUT2D eigenvalue weighted by Gasteiger charge is -2.29. The fourth-order valence-corrected chi connectivity index (χ4v) is 5.97. The highest BCUT2D eigenvalue weighted by atomic mass is 35.5. The predicted molar refractivity (Wildman–Crippen MR) is 119 cm³/mol. The van der Waals surface area contributed by atoms with Crippen molar-refractivity contribution in [2.45, 2.75) is 29.9 Å². The normalized spacial score (nSPS) is 20.9. The van der Waals surface area contributed by atoms with Crippen LogP contribution in [0.2, 0.25) is 5.02 Å². The largest absolute Gasteiger partial charge is 0.440 e. The van der Waals surface area contributed by atoms with Gasteiger partial charge >= 0.3 is 5.79 Å². The number of sulfonamides is 1. The molecule has 2 heterocycles. The molecule has 0 N–H and O–H groups in total. The van der Waals surface area contributed by atoms with E-state index in [1.54, 1.807) is 42.5 Å². The second kappa shape index (κ2) is 8.06. The van der Waals surface area contributed by atoms with Crippen LogP contribution in [0, 0.1) is 5.82 Å². The SMILES string of the molecule is O=S(=O)(c1ccc2c(c1)OC(c1ccc(F)cc1)(c1ccccc1Cl)O2)N1CCCCC1. The molecule has 0 radical (unpaired) electrons. The topological polar surface area (TPSA) is 55.8 Å². The van der Waals surface area contributed by atoms with E-state index in [4.69, 9.17) is 21.1 Å². The van der Waals surface area contributed by atoms with Gasteiger partial charge in [0.2, 0.25) is 10.0 Å². The Bertz CT molecular complexity index is 1260. The lowest BCUT2D eigenvalue weighted by Crippen LogP contribution is -2.37. The summed E-state index contributed by atoms with van der Waals surface area (Å²) in [5, 5.41) is 0.408. The van der Waals surface area contributed by atoms with Crippen LogP contribution in [0.25, 0.3) is 0 Å². The van der Waals surface area contributed by atoms with Crippen molar-refractivity contribution in [3.05, 3.63) is 88.7 Å². The first kappa shape index (κ1) is 21.2. The van der Waals surface area contributed by atoms with Crippen LogP contribution < -0.4 is 9.47 Å². The Kier molecular flexibility index (Phi) is 5.35. The number of hydrogen-bond donors (Lipinski definition) is 0. The summed E-state index contributed by atoms with van der Waals surface area (Å²) >= 11 is 6.49. The van der Waals surface area contributed by atoms with Crippen LogP contribution in [-0.4, -0.2) is 25.8 Å². The predicted octanol–water partition coefficient (Wildman–Crippen LogP) is 5.33. The van der Waals surface area contributed by atoms with Gasteiger partial charge in [-0.1, -0.05) is 30.2 Å². The van der Waals surface area contributed by atoms with Crippen molar-refractivity contribution < 1.29 is 22.3 Å². The number of ether oxygens (including phenoxy) is 2. The molecule has 32 heavy (non-hydrogen) atoms. The number of benzene rings is 3. The smallest absolute Gasteiger partial charge is 0.307 e. The molecule has 5 nitrogen and oxygen atoms in total. The van der Waals surface area contributed by atoms with Gasteiger partial charge < -0.3 is 9.47 Å². The second-order valence-corrected chi connectivity index (χ2v) is 10.2. The summed E-state index contributed by atoms with van der Waals surface area (Å²) in [6.45, 7) is 1.02. The minimum absolute atomic E-state index is 0.149. The molecule has 1 saturated heterocycles. The van der Waals surface area contributed by atoms with Crippen LogP contribution in [-0.2, 0) is 15.8 Å². The number of nitrogens with zero attached hydrogens (tertiary/aromatic N) is 1. The van der Waals surface area contributed by atoms with E-state index in [2.05, 4.69) is 0 Å². The molecule has 0 amide bonds. The first-order valence-electron chi connectivity index (χ1n) is 10.4. The summed E-state index contributed by atoms with van der Waals surface area (Å²) in [4.78, 5) is 0.149. The van der Waals surface area contributed by atoms with E-state index in [9.17, 15) is 12.8 Å². The van der Waals surface area contributed by atoms with Gasteiger partial charge in [-0.05, 0) is 61.4 Å². The van der Waals surface area contributed by atoms with Gasteiger partial charge in [0.25, 0.3) is 0 Å². The molecule has 3 aromatic carbocycles. The van der Waals surface area contributed by atoms with Gasteiger partial charge in [0.15, 0.2) is 11.5 Å². The first-order chi connectivity index (χ1) is 15.4. The van der Waals surface area contributed by atoms with Crippen LogP contribution in [0.3, 0.4) is 0 Å². The molecule has 166 valence electrons. The van der Waals surface area contributed by atoms with Crippen molar-refractivity contribution in [3.63, 3.8) is 0 Å². The van der Waals surface area contributed by atoms with Gasteiger partial charge in [-0.2, -0.15) is 4.31 Å². The summed E-state index contributed by atoms with van der Waals surface area (Å²) in [6, 6.07) is 17.4. The van der Waals surface area contributed by atoms with Crippen LogP contribution >= 0.6 is 11.6 Å². The molecule has 2 aliphatic heterocycles. The molecule has 0 bridgehead atoms. The van der Waals surface area contributed by atoms with E-state index in [0.717, 1.165) is 19.3 Å². The maximum atomic E-state index is 13.6. The van der Waals surface area contributed by atoms with Gasteiger partial charge in [0, 0.05) is 24.7 Å². The molecule has 1 unspecified atom stereocenters. The van der Waals surface area contributed by atoms with Gasteiger partial charge in [-0.3, -0.25) is 0 Å². The van der Waals surface area contributed by atoms with Crippen LogP contribution in [0.5, 0.6) is 11.5 Å². The van der Waals surface area contributed by atoms with Gasteiger partial charge in [-0.25, -0.2) is 12.8 Å². The van der Waals surface area contributed by atoms with Crippen molar-refractivity contribution in [3.8, 4) is 11.5 Å². The molecule has 1 fully saturated rings. The molecule has 1 atom stereocenters. The number of hydrogen-bond acceptors (Lipinski definition) is 4. The Hall–Kier alpha value is -2.61. The fraction of sp³-hybridized carbons (Fsp3) is 0.250. The molecular formula is C24H21ClFNO4S. The second-order valence-electron chi connectivity index (χ2n) is 7.88. The maximum absolute atomic E-state index is 13.6. The first-order valence-corrected chi connectivity index (χ1v) is 12.3. The van der Waals surface area contributed by atoms with Gasteiger partial charge in [-0.15, -0.1) is 0 Å². The van der Waals surface area contributed by atoms with Gasteiger partial charge in [0.1, 0.15) is 5.82 Å². The molecule has 0 aromatic heterocycles. The Balaban J connectivity index is 1.58. The average molecular weight is 474 g/mol. The summed E-state index contributed by atoms with van der Waals surface area (Å²) in [7, 11) is -3.64. The highest BCUT2D eigenvalue weighted by molar-refractivity contribution is 7.89. The minimum Gasteiger partial charge on any atom is -0.440 e. The molecule has 3 aromatic rings. The number of fused-ring (bicyclic) bond motifs is 1. The van der Waals surface area contributed by atoms with Crippen LogP contribution in [0.1, 0.15) is 30.4 Å². The third-order valence-corrected chi connectivity index (χ3v) is 8.05. The molecule has 5 rings (SSSR count). The lowest BCUT2D eigenvalue weighted by molar-refractivity contribution is -0.0459. The van der Waals surface area contributed by atoms with E-state index in [0.29, 0.717) is 35.0 Å². The Morgan fingerprint density at radius 2 is 1.56 bits per heavy atom. The van der Waals surface area contributed by atoms with E-state index in [-0.39, 0.29) is 10.6 Å². The highest BCUT2D eigenvalue weighted by Gasteiger charge is 2.47. The molecule has 0 spiro atoms. The zero-order chi connectivity index (χ0) is 22.3. The third kappa shape index (κ3) is 3.54. The standard InChI is InChI=1S/C24H21ClFNO4S/c25-21-7-3-2-6-20(21)24(17-8-10-18(26)11-9-17)30-22-13-12-19(16-23(22)31-24)32(28,29)27-14-4-1-5-15-27/h2-3,6-13,16H,1,4-5,14-15H2. The summed E-state index contributed by atoms with van der Waals surface area (Å²) in [6.07, 6.45) is 2.74. The highest BCUT2D eigenvalue weighted by Crippen LogP contribution is 2.50. The van der Waals surface area contributed by atoms with E-state index < -0.39 is 21.6 Å². The van der Waals surface area contributed by atoms with E-state index in [1.807, 2.05) is 0 Å². The zero-order valence-corrected chi connectivity index (χ0v) is 18.7. The number of halogens is 2. The van der Waals surface area contributed by atoms with Crippen LogP contribution in [0.4, 0.5) is 4.39 Å².